The monoisotopic (exact) mass is 337 g/mol. The number of anilines is 1. The lowest BCUT2D eigenvalue weighted by molar-refractivity contribution is 0.601. The van der Waals surface area contributed by atoms with E-state index in [9.17, 15) is 13.7 Å². The molecule has 3 aromatic rings. The van der Waals surface area contributed by atoms with Gasteiger partial charge in [0.25, 0.3) is 10.0 Å². The maximum atomic E-state index is 12.5. The highest BCUT2D eigenvalue weighted by atomic mass is 32.2. The number of hydrogen-bond donors (Lipinski definition) is 2. The fourth-order valence-electron chi connectivity index (χ4n) is 2.38. The summed E-state index contributed by atoms with van der Waals surface area (Å²) >= 11 is 0. The molecule has 0 aliphatic heterocycles. The van der Waals surface area contributed by atoms with Gasteiger partial charge in [-0.2, -0.15) is 5.26 Å². The zero-order chi connectivity index (χ0) is 17.2. The van der Waals surface area contributed by atoms with Gasteiger partial charge in [0.05, 0.1) is 4.90 Å². The highest BCUT2D eigenvalue weighted by Gasteiger charge is 2.19. The lowest BCUT2D eigenvalue weighted by Crippen LogP contribution is -2.14. The molecule has 1 aromatic heterocycles. The van der Waals surface area contributed by atoms with Crippen LogP contribution >= 0.6 is 0 Å². The molecule has 0 saturated carbocycles. The summed E-state index contributed by atoms with van der Waals surface area (Å²) in [5.74, 6) is 0.164. The minimum Gasteiger partial charge on any atom is -0.346 e. The molecule has 0 fully saturated rings. The Morgan fingerprint density at radius 3 is 2.33 bits per heavy atom. The highest BCUT2D eigenvalue weighted by molar-refractivity contribution is 7.92. The van der Waals surface area contributed by atoms with Crippen LogP contribution in [0.15, 0.2) is 65.7 Å². The third-order valence-corrected chi connectivity index (χ3v) is 5.01. The molecule has 3 rings (SSSR count). The maximum absolute atomic E-state index is 12.5. The van der Waals surface area contributed by atoms with Gasteiger partial charge in [-0.25, -0.2) is 8.42 Å². The zero-order valence-corrected chi connectivity index (χ0v) is 13.8. The van der Waals surface area contributed by atoms with Gasteiger partial charge in [0.15, 0.2) is 0 Å². The van der Waals surface area contributed by atoms with Gasteiger partial charge in [0, 0.05) is 11.8 Å². The van der Waals surface area contributed by atoms with Gasteiger partial charge in [0.2, 0.25) is 0 Å². The quantitative estimate of drug-likeness (QED) is 0.762. The molecule has 2 N–H and O–H groups in total. The number of nitrogens with zero attached hydrogens (tertiary/aromatic N) is 1. The molecule has 1 heterocycles. The fourth-order valence-corrected chi connectivity index (χ4v) is 3.42. The van der Waals surface area contributed by atoms with E-state index >= 15 is 0 Å². The molecule has 0 bridgehead atoms. The van der Waals surface area contributed by atoms with Gasteiger partial charge in [-0.3, -0.25) is 4.72 Å². The standard InChI is InChI=1S/C18H15N3O2S/c1-13-7-9-15(10-8-13)24(22,23)21-18-16(11-19)17(12-20-18)14-5-3-2-4-6-14/h2-10,12,20-21H,1H3. The zero-order valence-electron chi connectivity index (χ0n) is 12.9. The second-order valence-corrected chi connectivity index (χ2v) is 7.03. The number of hydrogen-bond acceptors (Lipinski definition) is 3. The summed E-state index contributed by atoms with van der Waals surface area (Å²) in [5, 5.41) is 9.45. The predicted octanol–water partition coefficient (Wildman–Crippen LogP) is 3.66. The van der Waals surface area contributed by atoms with Crippen LogP contribution in [0.4, 0.5) is 5.82 Å². The molecular formula is C18H15N3O2S. The maximum Gasteiger partial charge on any atom is 0.263 e. The fraction of sp³-hybridized carbons (Fsp3) is 0.0556. The lowest BCUT2D eigenvalue weighted by atomic mass is 10.1. The van der Waals surface area contributed by atoms with E-state index in [1.165, 1.54) is 12.1 Å². The van der Waals surface area contributed by atoms with Crippen molar-refractivity contribution in [3.05, 3.63) is 71.9 Å². The average molecular weight is 337 g/mol. The molecule has 24 heavy (non-hydrogen) atoms. The van der Waals surface area contributed by atoms with Crippen LogP contribution in [0.2, 0.25) is 0 Å². The SMILES string of the molecule is Cc1ccc(S(=O)(=O)Nc2[nH]cc(-c3ccccc3)c2C#N)cc1. The first-order chi connectivity index (χ1) is 11.5. The molecule has 0 aliphatic rings. The summed E-state index contributed by atoms with van der Waals surface area (Å²) in [4.78, 5) is 2.99. The molecule has 0 amide bonds. The van der Waals surface area contributed by atoms with Gasteiger partial charge < -0.3 is 4.98 Å². The lowest BCUT2D eigenvalue weighted by Gasteiger charge is -2.07. The topological polar surface area (TPSA) is 85.8 Å². The van der Waals surface area contributed by atoms with E-state index in [4.69, 9.17) is 0 Å². The molecular weight excluding hydrogens is 322 g/mol. The molecule has 6 heteroatoms. The van der Waals surface area contributed by atoms with Crippen molar-refractivity contribution < 1.29 is 8.42 Å². The Kier molecular flexibility index (Phi) is 4.11. The third-order valence-electron chi connectivity index (χ3n) is 3.64. The summed E-state index contributed by atoms with van der Waals surface area (Å²) < 4.78 is 27.4. The first-order valence-corrected chi connectivity index (χ1v) is 8.76. The van der Waals surface area contributed by atoms with Gasteiger partial charge >= 0.3 is 0 Å². The van der Waals surface area contributed by atoms with Crippen molar-refractivity contribution in [3.63, 3.8) is 0 Å². The Hall–Kier alpha value is -3.04. The summed E-state index contributed by atoms with van der Waals surface area (Å²) in [6.45, 7) is 1.88. The van der Waals surface area contributed by atoms with Crippen LogP contribution in [0.1, 0.15) is 11.1 Å². The third kappa shape index (κ3) is 3.03. The number of nitriles is 1. The summed E-state index contributed by atoms with van der Waals surface area (Å²) in [6, 6.07) is 17.9. The van der Waals surface area contributed by atoms with E-state index in [1.54, 1.807) is 18.3 Å². The number of H-pyrrole nitrogens is 1. The number of sulfonamides is 1. The van der Waals surface area contributed by atoms with Crippen molar-refractivity contribution in [1.29, 1.82) is 5.26 Å². The Labute approximate surface area is 140 Å². The van der Waals surface area contributed by atoms with E-state index in [1.807, 2.05) is 37.3 Å². The number of aromatic amines is 1. The predicted molar refractivity (Wildman–Crippen MR) is 92.9 cm³/mol. The number of nitrogens with one attached hydrogen (secondary N) is 2. The second-order valence-electron chi connectivity index (χ2n) is 5.35. The molecule has 5 nitrogen and oxygen atoms in total. The highest BCUT2D eigenvalue weighted by Crippen LogP contribution is 2.29. The van der Waals surface area contributed by atoms with Crippen molar-refractivity contribution in [2.24, 2.45) is 0 Å². The van der Waals surface area contributed by atoms with Gasteiger partial charge in [-0.15, -0.1) is 0 Å². The van der Waals surface area contributed by atoms with Crippen LogP contribution in [0.3, 0.4) is 0 Å². The van der Waals surface area contributed by atoms with Crippen LogP contribution < -0.4 is 4.72 Å². The Morgan fingerprint density at radius 1 is 1.04 bits per heavy atom. The largest absolute Gasteiger partial charge is 0.346 e. The molecule has 2 aromatic carbocycles. The Morgan fingerprint density at radius 2 is 1.71 bits per heavy atom. The van der Waals surface area contributed by atoms with E-state index in [0.717, 1.165) is 11.1 Å². The normalized spacial score (nSPS) is 11.0. The van der Waals surface area contributed by atoms with E-state index in [0.29, 0.717) is 5.56 Å². The van der Waals surface area contributed by atoms with Crippen LogP contribution in [-0.4, -0.2) is 13.4 Å². The first-order valence-electron chi connectivity index (χ1n) is 7.27. The number of rotatable bonds is 4. The summed E-state index contributed by atoms with van der Waals surface area (Å²) in [5.41, 5.74) is 2.72. The van der Waals surface area contributed by atoms with Crippen molar-refractivity contribution in [2.45, 2.75) is 11.8 Å². The van der Waals surface area contributed by atoms with Crippen LogP contribution in [0.5, 0.6) is 0 Å². The molecule has 0 aliphatic carbocycles. The second kappa shape index (κ2) is 6.22. The smallest absolute Gasteiger partial charge is 0.263 e. The Bertz CT molecular complexity index is 999. The first kappa shape index (κ1) is 15.8. The van der Waals surface area contributed by atoms with Crippen LogP contribution in [0.25, 0.3) is 11.1 Å². The van der Waals surface area contributed by atoms with Crippen LogP contribution in [0, 0.1) is 18.3 Å². The number of aryl methyl sites for hydroxylation is 1. The van der Waals surface area contributed by atoms with Gasteiger partial charge in [-0.05, 0) is 24.6 Å². The number of aromatic nitrogens is 1. The molecule has 0 atom stereocenters. The summed E-state index contributed by atoms with van der Waals surface area (Å²) in [6.07, 6.45) is 1.63. The van der Waals surface area contributed by atoms with Crippen molar-refractivity contribution >= 4 is 15.8 Å². The Balaban J connectivity index is 1.98. The van der Waals surface area contributed by atoms with E-state index in [2.05, 4.69) is 15.8 Å². The van der Waals surface area contributed by atoms with Crippen molar-refractivity contribution in [1.82, 2.24) is 4.98 Å². The van der Waals surface area contributed by atoms with Crippen molar-refractivity contribution in [2.75, 3.05) is 4.72 Å². The molecule has 120 valence electrons. The molecule has 0 radical (unpaired) electrons. The number of benzene rings is 2. The minimum absolute atomic E-state index is 0.146. The van der Waals surface area contributed by atoms with Gasteiger partial charge in [0.1, 0.15) is 17.5 Å². The average Bonchev–Trinajstić information content (AvgIpc) is 2.98. The summed E-state index contributed by atoms with van der Waals surface area (Å²) in [7, 11) is -3.76. The van der Waals surface area contributed by atoms with Gasteiger partial charge in [-0.1, -0.05) is 48.0 Å². The van der Waals surface area contributed by atoms with Crippen LogP contribution in [-0.2, 0) is 10.0 Å². The van der Waals surface area contributed by atoms with Crippen molar-refractivity contribution in [3.8, 4) is 17.2 Å². The molecule has 0 unspecified atom stereocenters. The molecule has 0 saturated heterocycles. The van der Waals surface area contributed by atoms with E-state index in [-0.39, 0.29) is 16.3 Å². The molecule has 0 spiro atoms. The van der Waals surface area contributed by atoms with E-state index < -0.39 is 10.0 Å². The minimum atomic E-state index is -3.76.